The van der Waals surface area contributed by atoms with Gasteiger partial charge in [0, 0.05) is 24.9 Å². The molecule has 0 spiro atoms. The van der Waals surface area contributed by atoms with Crippen molar-refractivity contribution >= 4 is 0 Å². The van der Waals surface area contributed by atoms with Crippen molar-refractivity contribution in [3.8, 4) is 11.8 Å². The molecule has 1 aromatic carbocycles. The van der Waals surface area contributed by atoms with Gasteiger partial charge in [0.15, 0.2) is 0 Å². The second-order valence-corrected chi connectivity index (χ2v) is 4.89. The highest BCUT2D eigenvalue weighted by atomic mass is 19.1. The molecule has 0 aliphatic rings. The zero-order valence-corrected chi connectivity index (χ0v) is 11.7. The summed E-state index contributed by atoms with van der Waals surface area (Å²) in [7, 11) is 0. The van der Waals surface area contributed by atoms with Crippen molar-refractivity contribution in [2.45, 2.75) is 26.3 Å². The maximum atomic E-state index is 13.6. The average Bonchev–Trinajstić information content (AvgIpc) is 2.87. The molecule has 3 nitrogen and oxygen atoms in total. The van der Waals surface area contributed by atoms with Crippen LogP contribution >= 0.6 is 0 Å². The Hall–Kier alpha value is -2.12. The zero-order valence-electron chi connectivity index (χ0n) is 11.7. The summed E-state index contributed by atoms with van der Waals surface area (Å²) in [6.07, 6.45) is 3.72. The summed E-state index contributed by atoms with van der Waals surface area (Å²) < 4.78 is 15.7. The minimum absolute atomic E-state index is 0.225. The molecule has 4 heteroatoms. The molecule has 1 aromatic heterocycles. The highest BCUT2D eigenvalue weighted by Crippen LogP contribution is 2.15. The van der Waals surface area contributed by atoms with Crippen molar-refractivity contribution in [1.82, 2.24) is 9.55 Å². The van der Waals surface area contributed by atoms with Gasteiger partial charge in [-0.3, -0.25) is 0 Å². The highest BCUT2D eigenvalue weighted by molar-refractivity contribution is 5.38. The van der Waals surface area contributed by atoms with Crippen LogP contribution in [0.2, 0.25) is 0 Å². The first-order valence-corrected chi connectivity index (χ1v) is 6.60. The van der Waals surface area contributed by atoms with Gasteiger partial charge in [-0.2, -0.15) is 0 Å². The lowest BCUT2D eigenvalue weighted by Crippen LogP contribution is -2.06. The van der Waals surface area contributed by atoms with Crippen LogP contribution in [0.15, 0.2) is 30.6 Å². The lowest BCUT2D eigenvalue weighted by Gasteiger charge is -2.10. The first-order valence-electron chi connectivity index (χ1n) is 6.60. The van der Waals surface area contributed by atoms with Crippen molar-refractivity contribution in [2.24, 2.45) is 5.73 Å². The molecule has 0 aliphatic heterocycles. The van der Waals surface area contributed by atoms with Crippen LogP contribution in [-0.2, 0) is 6.54 Å². The van der Waals surface area contributed by atoms with Gasteiger partial charge in [-0.05, 0) is 17.7 Å². The van der Waals surface area contributed by atoms with Gasteiger partial charge in [0.1, 0.15) is 11.6 Å². The van der Waals surface area contributed by atoms with Crippen LogP contribution in [0.4, 0.5) is 4.39 Å². The Balaban J connectivity index is 2.28. The minimum Gasteiger partial charge on any atom is -0.330 e. The van der Waals surface area contributed by atoms with Gasteiger partial charge in [-0.1, -0.05) is 31.8 Å². The van der Waals surface area contributed by atoms with Gasteiger partial charge in [0.05, 0.1) is 12.1 Å². The molecule has 2 rings (SSSR count). The third-order valence-electron chi connectivity index (χ3n) is 2.97. The van der Waals surface area contributed by atoms with E-state index in [1.165, 1.54) is 6.07 Å². The normalized spacial score (nSPS) is 10.4. The van der Waals surface area contributed by atoms with Crippen LogP contribution in [0.3, 0.4) is 0 Å². The van der Waals surface area contributed by atoms with Crippen molar-refractivity contribution in [3.63, 3.8) is 0 Å². The Morgan fingerprint density at radius 3 is 2.90 bits per heavy atom. The number of hydrogen-bond donors (Lipinski definition) is 1. The molecule has 0 aliphatic carbocycles. The van der Waals surface area contributed by atoms with E-state index in [-0.39, 0.29) is 12.4 Å². The third-order valence-corrected chi connectivity index (χ3v) is 2.97. The second-order valence-electron chi connectivity index (χ2n) is 4.89. The van der Waals surface area contributed by atoms with Crippen molar-refractivity contribution < 1.29 is 4.39 Å². The number of halogens is 1. The molecule has 0 bridgehead atoms. The Bertz CT molecular complexity index is 647. The molecular weight excluding hydrogens is 253 g/mol. The average molecular weight is 271 g/mol. The van der Waals surface area contributed by atoms with Crippen LogP contribution in [0.25, 0.3) is 0 Å². The van der Waals surface area contributed by atoms with Crippen molar-refractivity contribution in [2.75, 3.05) is 6.54 Å². The predicted octanol–water partition coefficient (Wildman–Crippen LogP) is 2.50. The number of imidazole rings is 1. The van der Waals surface area contributed by atoms with Crippen LogP contribution < -0.4 is 5.73 Å². The van der Waals surface area contributed by atoms with Gasteiger partial charge in [0.2, 0.25) is 0 Å². The zero-order chi connectivity index (χ0) is 14.5. The summed E-state index contributed by atoms with van der Waals surface area (Å²) in [6, 6.07) is 4.98. The molecule has 0 fully saturated rings. The number of nitrogens with two attached hydrogens (primary N) is 1. The fraction of sp³-hybridized carbons (Fsp3) is 0.312. The minimum atomic E-state index is -0.315. The van der Waals surface area contributed by atoms with Crippen LogP contribution in [0.5, 0.6) is 0 Å². The van der Waals surface area contributed by atoms with E-state index in [9.17, 15) is 4.39 Å². The van der Waals surface area contributed by atoms with Gasteiger partial charge >= 0.3 is 0 Å². The first kappa shape index (κ1) is 14.3. The van der Waals surface area contributed by atoms with E-state index >= 15 is 0 Å². The van der Waals surface area contributed by atoms with Gasteiger partial charge in [0.25, 0.3) is 0 Å². The number of rotatable bonds is 3. The molecule has 0 amide bonds. The van der Waals surface area contributed by atoms with Gasteiger partial charge in [-0.25, -0.2) is 9.37 Å². The summed E-state index contributed by atoms with van der Waals surface area (Å²) >= 11 is 0. The van der Waals surface area contributed by atoms with E-state index in [1.807, 2.05) is 6.20 Å². The van der Waals surface area contributed by atoms with E-state index in [2.05, 4.69) is 35.2 Å². The number of hydrogen-bond acceptors (Lipinski definition) is 2. The molecule has 0 atom stereocenters. The SMILES string of the molecule is CC(C)c1nccn1Cc1ccc(F)c(C#CCN)c1. The maximum Gasteiger partial charge on any atom is 0.138 e. The van der Waals surface area contributed by atoms with Crippen LogP contribution in [0.1, 0.15) is 36.7 Å². The Morgan fingerprint density at radius 1 is 1.40 bits per heavy atom. The quantitative estimate of drug-likeness (QED) is 0.872. The van der Waals surface area contributed by atoms with E-state index in [1.54, 1.807) is 18.3 Å². The van der Waals surface area contributed by atoms with E-state index < -0.39 is 0 Å². The van der Waals surface area contributed by atoms with Crippen LogP contribution in [-0.4, -0.2) is 16.1 Å². The number of aromatic nitrogens is 2. The molecule has 2 N–H and O–H groups in total. The Kier molecular flexibility index (Phi) is 4.54. The monoisotopic (exact) mass is 271 g/mol. The number of benzene rings is 1. The fourth-order valence-electron chi connectivity index (χ4n) is 2.06. The molecule has 20 heavy (non-hydrogen) atoms. The predicted molar refractivity (Wildman–Crippen MR) is 77.8 cm³/mol. The standard InChI is InChI=1S/C16H18FN3/c1-12(2)16-19-8-9-20(16)11-13-5-6-15(17)14(10-13)4-3-7-18/h5-6,8-10,12H,7,11,18H2,1-2H3. The van der Waals surface area contributed by atoms with E-state index in [0.29, 0.717) is 18.0 Å². The lowest BCUT2D eigenvalue weighted by molar-refractivity contribution is 0.621. The summed E-state index contributed by atoms with van der Waals surface area (Å²) in [4.78, 5) is 4.35. The maximum absolute atomic E-state index is 13.6. The summed E-state index contributed by atoms with van der Waals surface area (Å²) in [5.41, 5.74) is 6.70. The smallest absolute Gasteiger partial charge is 0.138 e. The molecule has 0 saturated carbocycles. The third kappa shape index (κ3) is 3.25. The lowest BCUT2D eigenvalue weighted by atomic mass is 10.1. The molecule has 104 valence electrons. The van der Waals surface area contributed by atoms with E-state index in [0.717, 1.165) is 11.4 Å². The topological polar surface area (TPSA) is 43.8 Å². The largest absolute Gasteiger partial charge is 0.330 e. The van der Waals surface area contributed by atoms with Crippen LogP contribution in [0, 0.1) is 17.7 Å². The van der Waals surface area contributed by atoms with E-state index in [4.69, 9.17) is 5.73 Å². The van der Waals surface area contributed by atoms with Crippen molar-refractivity contribution in [1.29, 1.82) is 0 Å². The summed E-state index contributed by atoms with van der Waals surface area (Å²) in [5.74, 6) is 6.49. The Morgan fingerprint density at radius 2 is 2.20 bits per heavy atom. The van der Waals surface area contributed by atoms with Gasteiger partial charge < -0.3 is 10.3 Å². The first-order chi connectivity index (χ1) is 9.61. The Labute approximate surface area is 118 Å². The summed E-state index contributed by atoms with van der Waals surface area (Å²) in [6.45, 7) is 5.08. The molecule has 2 aromatic rings. The second kappa shape index (κ2) is 6.36. The molecule has 1 heterocycles. The fourth-order valence-corrected chi connectivity index (χ4v) is 2.06. The molecular formula is C16H18FN3. The highest BCUT2D eigenvalue weighted by Gasteiger charge is 2.08. The molecule has 0 saturated heterocycles. The van der Waals surface area contributed by atoms with Crippen molar-refractivity contribution in [3.05, 3.63) is 53.4 Å². The number of nitrogens with zero attached hydrogens (tertiary/aromatic N) is 2. The van der Waals surface area contributed by atoms with Gasteiger partial charge in [-0.15, -0.1) is 0 Å². The summed E-state index contributed by atoms with van der Waals surface area (Å²) in [5, 5.41) is 0. The molecule has 0 radical (unpaired) electrons. The molecule has 0 unspecified atom stereocenters.